The lowest BCUT2D eigenvalue weighted by atomic mass is 9.52. The SMILES string of the molecule is O=C(OCC(=O)N1N=C(c2ccco2)CC1c1ccco1)C1C2CC3CC(C2)CC1C3. The maximum atomic E-state index is 13.0. The molecule has 162 valence electrons. The molecule has 7 rings (SSSR count). The molecule has 7 heteroatoms. The quantitative estimate of drug-likeness (QED) is 0.675. The molecule has 2 aromatic heterocycles. The van der Waals surface area contributed by atoms with Crippen LogP contribution in [0.1, 0.15) is 56.1 Å². The molecule has 1 atom stereocenters. The molecule has 0 spiro atoms. The highest BCUT2D eigenvalue weighted by Crippen LogP contribution is 2.56. The summed E-state index contributed by atoms with van der Waals surface area (Å²) in [6.45, 7) is -0.298. The number of carbonyl (C=O) groups is 2. The van der Waals surface area contributed by atoms with E-state index in [-0.39, 0.29) is 30.4 Å². The molecule has 1 unspecified atom stereocenters. The van der Waals surface area contributed by atoms with Gasteiger partial charge in [0.25, 0.3) is 5.91 Å². The second-order valence-electron chi connectivity index (χ2n) is 9.56. The minimum Gasteiger partial charge on any atom is -0.467 e. The second kappa shape index (κ2) is 7.39. The van der Waals surface area contributed by atoms with E-state index in [4.69, 9.17) is 13.6 Å². The van der Waals surface area contributed by atoms with Crippen molar-refractivity contribution in [3.8, 4) is 0 Å². The molecule has 1 aliphatic heterocycles. The molecule has 5 aliphatic rings. The third-order valence-corrected chi connectivity index (χ3v) is 7.68. The smallest absolute Gasteiger partial charge is 0.310 e. The van der Waals surface area contributed by atoms with Crippen molar-refractivity contribution in [3.05, 3.63) is 48.3 Å². The second-order valence-corrected chi connectivity index (χ2v) is 9.56. The van der Waals surface area contributed by atoms with Crippen LogP contribution < -0.4 is 0 Å². The van der Waals surface area contributed by atoms with Gasteiger partial charge < -0.3 is 13.6 Å². The number of ether oxygens (including phenoxy) is 1. The van der Waals surface area contributed by atoms with Crippen LogP contribution in [0.3, 0.4) is 0 Å². The Morgan fingerprint density at radius 2 is 1.71 bits per heavy atom. The number of amides is 1. The van der Waals surface area contributed by atoms with E-state index >= 15 is 0 Å². The molecule has 7 nitrogen and oxygen atoms in total. The van der Waals surface area contributed by atoms with Gasteiger partial charge in [-0.2, -0.15) is 5.10 Å². The lowest BCUT2D eigenvalue weighted by Gasteiger charge is -2.53. The molecule has 3 heterocycles. The fourth-order valence-corrected chi connectivity index (χ4v) is 6.64. The number of hydrogen-bond acceptors (Lipinski definition) is 6. The van der Waals surface area contributed by atoms with Crippen LogP contribution in [-0.4, -0.2) is 29.2 Å². The van der Waals surface area contributed by atoms with Crippen LogP contribution in [0.4, 0.5) is 0 Å². The number of hydrazone groups is 1. The average molecular weight is 422 g/mol. The zero-order valence-corrected chi connectivity index (χ0v) is 17.3. The van der Waals surface area contributed by atoms with Crippen molar-refractivity contribution in [2.24, 2.45) is 34.7 Å². The first-order valence-electron chi connectivity index (χ1n) is 11.3. The van der Waals surface area contributed by atoms with Gasteiger partial charge in [-0.15, -0.1) is 0 Å². The van der Waals surface area contributed by atoms with E-state index in [1.807, 2.05) is 12.1 Å². The minimum absolute atomic E-state index is 0.0396. The van der Waals surface area contributed by atoms with Crippen molar-refractivity contribution in [3.63, 3.8) is 0 Å². The molecule has 0 N–H and O–H groups in total. The zero-order valence-electron chi connectivity index (χ0n) is 17.3. The standard InChI is InChI=1S/C24H26N2O5/c27-22(13-31-24(28)23-16-8-14-7-15(10-16)11-17(23)9-14)26-19(21-4-2-6-30-21)12-18(25-26)20-3-1-5-29-20/h1-6,14-17,19,23H,7-13H2. The van der Waals surface area contributed by atoms with Gasteiger partial charge in [0.05, 0.1) is 18.4 Å². The van der Waals surface area contributed by atoms with Gasteiger partial charge in [-0.05, 0) is 80.0 Å². The normalized spacial score (nSPS) is 33.5. The molecular formula is C24H26N2O5. The van der Waals surface area contributed by atoms with Crippen LogP contribution in [0.15, 0.2) is 50.7 Å². The molecule has 1 amide bonds. The van der Waals surface area contributed by atoms with Crippen molar-refractivity contribution in [1.29, 1.82) is 0 Å². The molecule has 2 aromatic rings. The number of furan rings is 2. The summed E-state index contributed by atoms with van der Waals surface area (Å²) in [5.41, 5.74) is 0.673. The molecular weight excluding hydrogens is 396 g/mol. The van der Waals surface area contributed by atoms with Gasteiger partial charge >= 0.3 is 5.97 Å². The Morgan fingerprint density at radius 3 is 2.35 bits per heavy atom. The number of nitrogens with zero attached hydrogens (tertiary/aromatic N) is 2. The highest BCUT2D eigenvalue weighted by molar-refractivity contribution is 6.01. The van der Waals surface area contributed by atoms with Crippen molar-refractivity contribution < 1.29 is 23.2 Å². The van der Waals surface area contributed by atoms with Crippen molar-refractivity contribution >= 4 is 17.6 Å². The maximum absolute atomic E-state index is 13.0. The van der Waals surface area contributed by atoms with Crippen LogP contribution in [0.25, 0.3) is 0 Å². The monoisotopic (exact) mass is 422 g/mol. The molecule has 4 bridgehead atoms. The van der Waals surface area contributed by atoms with Crippen molar-refractivity contribution in [1.82, 2.24) is 5.01 Å². The van der Waals surface area contributed by atoms with E-state index in [0.717, 1.165) is 37.5 Å². The summed E-state index contributed by atoms with van der Waals surface area (Å²) in [7, 11) is 0. The van der Waals surface area contributed by atoms with Gasteiger partial charge in [-0.1, -0.05) is 0 Å². The van der Waals surface area contributed by atoms with Crippen LogP contribution >= 0.6 is 0 Å². The largest absolute Gasteiger partial charge is 0.467 e. The van der Waals surface area contributed by atoms with Crippen LogP contribution in [-0.2, 0) is 14.3 Å². The molecule has 0 aromatic carbocycles. The average Bonchev–Trinajstić information content (AvgIpc) is 3.52. The Kier molecular flexibility index (Phi) is 4.51. The minimum atomic E-state index is -0.373. The van der Waals surface area contributed by atoms with Crippen LogP contribution in [0.5, 0.6) is 0 Å². The Labute approximate surface area is 180 Å². The van der Waals surface area contributed by atoms with Gasteiger partial charge in [0.1, 0.15) is 23.3 Å². The summed E-state index contributed by atoms with van der Waals surface area (Å²) in [4.78, 5) is 26.0. The van der Waals surface area contributed by atoms with Gasteiger partial charge in [-0.25, -0.2) is 5.01 Å². The van der Waals surface area contributed by atoms with E-state index in [1.165, 1.54) is 11.4 Å². The van der Waals surface area contributed by atoms with Crippen LogP contribution in [0, 0.1) is 29.6 Å². The summed E-state index contributed by atoms with van der Waals surface area (Å²) in [5.74, 6) is 3.13. The summed E-state index contributed by atoms with van der Waals surface area (Å²) in [6.07, 6.45) is 9.55. The summed E-state index contributed by atoms with van der Waals surface area (Å²) in [5, 5.41) is 5.86. The fraction of sp³-hybridized carbons (Fsp3) is 0.542. The van der Waals surface area contributed by atoms with Gasteiger partial charge in [0.2, 0.25) is 0 Å². The lowest BCUT2D eigenvalue weighted by Crippen LogP contribution is -2.48. The number of carbonyl (C=O) groups excluding carboxylic acids is 2. The molecule has 4 saturated carbocycles. The molecule has 4 aliphatic carbocycles. The van der Waals surface area contributed by atoms with Crippen molar-refractivity contribution in [2.75, 3.05) is 6.61 Å². The van der Waals surface area contributed by atoms with E-state index in [1.54, 1.807) is 24.7 Å². The highest BCUT2D eigenvalue weighted by Gasteiger charge is 2.51. The van der Waals surface area contributed by atoms with E-state index < -0.39 is 0 Å². The number of esters is 1. The Balaban J connectivity index is 1.15. The predicted molar refractivity (Wildman–Crippen MR) is 110 cm³/mol. The van der Waals surface area contributed by atoms with Gasteiger partial charge in [0, 0.05) is 6.42 Å². The lowest BCUT2D eigenvalue weighted by molar-refractivity contribution is -0.167. The molecule has 31 heavy (non-hydrogen) atoms. The number of hydrogen-bond donors (Lipinski definition) is 0. The third-order valence-electron chi connectivity index (χ3n) is 7.68. The molecule has 0 saturated heterocycles. The van der Waals surface area contributed by atoms with E-state index in [2.05, 4.69) is 5.10 Å². The Bertz CT molecular complexity index is 965. The van der Waals surface area contributed by atoms with Crippen molar-refractivity contribution in [2.45, 2.75) is 44.6 Å². The van der Waals surface area contributed by atoms with E-state index in [0.29, 0.717) is 35.5 Å². The highest BCUT2D eigenvalue weighted by atomic mass is 16.5. The summed E-state index contributed by atoms with van der Waals surface area (Å²) < 4.78 is 16.6. The topological polar surface area (TPSA) is 85.3 Å². The van der Waals surface area contributed by atoms with Gasteiger partial charge in [-0.3, -0.25) is 9.59 Å². The Morgan fingerprint density at radius 1 is 1.00 bits per heavy atom. The third kappa shape index (κ3) is 3.30. The van der Waals surface area contributed by atoms with Gasteiger partial charge in [0.15, 0.2) is 6.61 Å². The first kappa shape index (κ1) is 18.9. The predicted octanol–water partition coefficient (Wildman–Crippen LogP) is 4.17. The number of rotatable bonds is 5. The molecule has 4 fully saturated rings. The zero-order chi connectivity index (χ0) is 20.9. The van der Waals surface area contributed by atoms with E-state index in [9.17, 15) is 9.59 Å². The maximum Gasteiger partial charge on any atom is 0.310 e. The fourth-order valence-electron chi connectivity index (χ4n) is 6.64. The Hall–Kier alpha value is -2.83. The first-order chi connectivity index (χ1) is 15.2. The molecule has 0 radical (unpaired) electrons. The summed E-state index contributed by atoms with van der Waals surface area (Å²) in [6, 6.07) is 6.85. The first-order valence-corrected chi connectivity index (χ1v) is 11.3. The van der Waals surface area contributed by atoms with Crippen LogP contribution in [0.2, 0.25) is 0 Å². The summed E-state index contributed by atoms with van der Waals surface area (Å²) >= 11 is 0.